The predicted molar refractivity (Wildman–Crippen MR) is 99.1 cm³/mol. The van der Waals surface area contributed by atoms with Crippen molar-refractivity contribution in [3.8, 4) is 11.5 Å². The fourth-order valence-electron chi connectivity index (χ4n) is 2.44. The van der Waals surface area contributed by atoms with E-state index in [1.165, 1.54) is 0 Å². The maximum atomic E-state index is 12.8. The third-order valence-corrected chi connectivity index (χ3v) is 3.54. The van der Waals surface area contributed by atoms with E-state index in [2.05, 4.69) is 25.5 Å². The number of hydrogen-bond donors (Lipinski definition) is 2. The second-order valence-electron chi connectivity index (χ2n) is 5.63. The summed E-state index contributed by atoms with van der Waals surface area (Å²) in [6.07, 6.45) is 3.63. The second-order valence-corrected chi connectivity index (χ2v) is 5.63. The molecule has 0 unspecified atom stereocenters. The summed E-state index contributed by atoms with van der Waals surface area (Å²) in [5.41, 5.74) is 1.52. The Balaban J connectivity index is 2.12. The quantitative estimate of drug-likeness (QED) is 0.516. The Morgan fingerprint density at radius 3 is 2.74 bits per heavy atom. The number of aryl methyl sites for hydroxylation is 1. The van der Waals surface area contributed by atoms with E-state index >= 15 is 0 Å². The summed E-state index contributed by atoms with van der Waals surface area (Å²) in [5.74, 6) is 0.880. The fourth-order valence-corrected chi connectivity index (χ4v) is 2.44. The highest BCUT2D eigenvalue weighted by Crippen LogP contribution is 2.32. The van der Waals surface area contributed by atoms with Crippen LogP contribution in [-0.4, -0.2) is 35.5 Å². The van der Waals surface area contributed by atoms with Crippen LogP contribution in [0, 0.1) is 0 Å². The van der Waals surface area contributed by atoms with Gasteiger partial charge in [-0.1, -0.05) is 12.1 Å². The number of para-hydroxylation sites is 1. The first kappa shape index (κ1) is 20.5. The number of benzene rings is 1. The van der Waals surface area contributed by atoms with Crippen LogP contribution in [0.4, 0.5) is 8.78 Å². The van der Waals surface area contributed by atoms with Crippen LogP contribution in [0.2, 0.25) is 0 Å². The smallest absolute Gasteiger partial charge is 0.387 e. The second kappa shape index (κ2) is 10.3. The molecule has 0 spiro atoms. The molecule has 0 bridgehead atoms. The van der Waals surface area contributed by atoms with Crippen LogP contribution in [-0.2, 0) is 20.1 Å². The summed E-state index contributed by atoms with van der Waals surface area (Å²) in [6.45, 7) is 2.51. The topological polar surface area (TPSA) is 72.7 Å². The van der Waals surface area contributed by atoms with Gasteiger partial charge in [0.25, 0.3) is 0 Å². The molecule has 0 aliphatic carbocycles. The zero-order chi connectivity index (χ0) is 19.6. The predicted octanol–water partition coefficient (Wildman–Crippen LogP) is 2.68. The normalized spacial score (nSPS) is 11.6. The SMILES string of the molecule is CCNC(=NCc1cnn(C)c1)NCc1cccc(OCC)c1OC(F)F. The highest BCUT2D eigenvalue weighted by atomic mass is 19.3. The molecule has 0 amide bonds. The van der Waals surface area contributed by atoms with E-state index < -0.39 is 6.61 Å². The zero-order valence-electron chi connectivity index (χ0n) is 15.7. The van der Waals surface area contributed by atoms with E-state index in [0.29, 0.717) is 31.2 Å². The van der Waals surface area contributed by atoms with Crippen LogP contribution >= 0.6 is 0 Å². The molecule has 9 heteroatoms. The summed E-state index contributed by atoms with van der Waals surface area (Å²) in [6, 6.07) is 5.05. The average molecular weight is 381 g/mol. The first-order valence-electron chi connectivity index (χ1n) is 8.72. The number of aliphatic imine (C=N–C) groups is 1. The van der Waals surface area contributed by atoms with Crippen LogP contribution in [0.15, 0.2) is 35.6 Å². The molecular formula is C18H25F2N5O2. The summed E-state index contributed by atoms with van der Waals surface area (Å²) in [5, 5.41) is 10.4. The van der Waals surface area contributed by atoms with Gasteiger partial charge in [0, 0.05) is 37.5 Å². The van der Waals surface area contributed by atoms with E-state index in [1.807, 2.05) is 20.2 Å². The Morgan fingerprint density at radius 1 is 1.30 bits per heavy atom. The molecule has 1 aromatic carbocycles. The average Bonchev–Trinajstić information content (AvgIpc) is 3.04. The Bertz CT molecular complexity index is 749. The van der Waals surface area contributed by atoms with E-state index in [1.54, 1.807) is 36.0 Å². The Hall–Kier alpha value is -2.84. The van der Waals surface area contributed by atoms with Gasteiger partial charge >= 0.3 is 6.61 Å². The largest absolute Gasteiger partial charge is 0.490 e. The molecule has 2 rings (SSSR count). The van der Waals surface area contributed by atoms with Gasteiger partial charge in [0.05, 0.1) is 19.3 Å². The summed E-state index contributed by atoms with van der Waals surface area (Å²) in [4.78, 5) is 4.48. The number of hydrogen-bond acceptors (Lipinski definition) is 4. The molecule has 0 aliphatic heterocycles. The molecular weight excluding hydrogens is 356 g/mol. The lowest BCUT2D eigenvalue weighted by Crippen LogP contribution is -2.36. The lowest BCUT2D eigenvalue weighted by Gasteiger charge is -2.17. The number of alkyl halides is 2. The Morgan fingerprint density at radius 2 is 2.11 bits per heavy atom. The van der Waals surface area contributed by atoms with Gasteiger partial charge in [0.1, 0.15) is 0 Å². The van der Waals surface area contributed by atoms with E-state index in [9.17, 15) is 8.78 Å². The minimum absolute atomic E-state index is 0.0324. The van der Waals surface area contributed by atoms with Gasteiger partial charge in [-0.25, -0.2) is 4.99 Å². The molecule has 27 heavy (non-hydrogen) atoms. The van der Waals surface area contributed by atoms with E-state index in [0.717, 1.165) is 5.56 Å². The molecule has 2 N–H and O–H groups in total. The van der Waals surface area contributed by atoms with Crippen molar-refractivity contribution in [3.05, 3.63) is 41.7 Å². The molecule has 0 radical (unpaired) electrons. The maximum Gasteiger partial charge on any atom is 0.387 e. The zero-order valence-corrected chi connectivity index (χ0v) is 15.7. The third kappa shape index (κ3) is 6.43. The van der Waals surface area contributed by atoms with Crippen LogP contribution in [0.5, 0.6) is 11.5 Å². The van der Waals surface area contributed by atoms with Crippen molar-refractivity contribution in [2.24, 2.45) is 12.0 Å². The highest BCUT2D eigenvalue weighted by Gasteiger charge is 2.16. The first-order chi connectivity index (χ1) is 13.0. The fraction of sp³-hybridized carbons (Fsp3) is 0.444. The number of guanidine groups is 1. The van der Waals surface area contributed by atoms with Crippen molar-refractivity contribution < 1.29 is 18.3 Å². The number of ether oxygens (including phenoxy) is 2. The van der Waals surface area contributed by atoms with Gasteiger partial charge in [-0.05, 0) is 19.9 Å². The lowest BCUT2D eigenvalue weighted by atomic mass is 10.2. The summed E-state index contributed by atoms with van der Waals surface area (Å²) >= 11 is 0. The Kier molecular flexibility index (Phi) is 7.84. The molecule has 0 aliphatic rings. The molecule has 1 aromatic heterocycles. The summed E-state index contributed by atoms with van der Waals surface area (Å²) in [7, 11) is 1.84. The van der Waals surface area contributed by atoms with Gasteiger partial charge in [-0.3, -0.25) is 4.68 Å². The number of aromatic nitrogens is 2. The van der Waals surface area contributed by atoms with Crippen LogP contribution in [0.3, 0.4) is 0 Å². The number of nitrogens with zero attached hydrogens (tertiary/aromatic N) is 3. The molecule has 2 aromatic rings. The Labute approximate surface area is 157 Å². The highest BCUT2D eigenvalue weighted by molar-refractivity contribution is 5.79. The maximum absolute atomic E-state index is 12.8. The standard InChI is InChI=1S/C18H25F2N5O2/c1-4-21-18(22-9-13-10-24-25(3)12-13)23-11-14-7-6-8-15(26-5-2)16(14)27-17(19)20/h6-8,10,12,17H,4-5,9,11H2,1-3H3,(H2,21,22,23). The van der Waals surface area contributed by atoms with Crippen LogP contribution < -0.4 is 20.1 Å². The summed E-state index contributed by atoms with van der Waals surface area (Å²) < 4.78 is 37.4. The monoisotopic (exact) mass is 381 g/mol. The van der Waals surface area contributed by atoms with Crippen LogP contribution in [0.1, 0.15) is 25.0 Å². The third-order valence-electron chi connectivity index (χ3n) is 3.54. The number of rotatable bonds is 9. The first-order valence-corrected chi connectivity index (χ1v) is 8.72. The molecule has 0 atom stereocenters. The molecule has 7 nitrogen and oxygen atoms in total. The van der Waals surface area contributed by atoms with Gasteiger partial charge in [0.15, 0.2) is 17.5 Å². The van der Waals surface area contributed by atoms with Crippen molar-refractivity contribution in [2.75, 3.05) is 13.2 Å². The molecule has 0 saturated carbocycles. The van der Waals surface area contributed by atoms with Crippen LogP contribution in [0.25, 0.3) is 0 Å². The van der Waals surface area contributed by atoms with Crippen molar-refractivity contribution in [1.29, 1.82) is 0 Å². The lowest BCUT2D eigenvalue weighted by molar-refractivity contribution is -0.0520. The van der Waals surface area contributed by atoms with E-state index in [-0.39, 0.29) is 18.0 Å². The molecule has 1 heterocycles. The van der Waals surface area contributed by atoms with Gasteiger partial charge in [-0.15, -0.1) is 0 Å². The van der Waals surface area contributed by atoms with E-state index in [4.69, 9.17) is 4.74 Å². The van der Waals surface area contributed by atoms with Gasteiger partial charge < -0.3 is 20.1 Å². The molecule has 0 saturated heterocycles. The number of halogens is 2. The van der Waals surface area contributed by atoms with Crippen molar-refractivity contribution >= 4 is 5.96 Å². The van der Waals surface area contributed by atoms with Crippen molar-refractivity contribution in [1.82, 2.24) is 20.4 Å². The van der Waals surface area contributed by atoms with Crippen molar-refractivity contribution in [3.63, 3.8) is 0 Å². The van der Waals surface area contributed by atoms with Gasteiger partial charge in [-0.2, -0.15) is 13.9 Å². The van der Waals surface area contributed by atoms with Crippen molar-refractivity contribution in [2.45, 2.75) is 33.5 Å². The minimum atomic E-state index is -2.93. The van der Waals surface area contributed by atoms with Gasteiger partial charge in [0.2, 0.25) is 0 Å². The minimum Gasteiger partial charge on any atom is -0.490 e. The molecule has 0 fully saturated rings. The number of nitrogens with one attached hydrogen (secondary N) is 2. The molecule has 148 valence electrons.